The molecule has 134 valence electrons. The quantitative estimate of drug-likeness (QED) is 0.462. The highest BCUT2D eigenvalue weighted by molar-refractivity contribution is 5.96. The normalized spacial score (nSPS) is 11.1. The topological polar surface area (TPSA) is 44.1 Å². The number of nitrogens with zero attached hydrogens (tertiary/aromatic N) is 2. The van der Waals surface area contributed by atoms with Crippen molar-refractivity contribution in [3.8, 4) is 11.6 Å². The first-order chi connectivity index (χ1) is 13.1. The number of fused-ring (bicyclic) bond motifs is 1. The summed E-state index contributed by atoms with van der Waals surface area (Å²) >= 11 is 0. The number of esters is 1. The lowest BCUT2D eigenvalue weighted by Crippen LogP contribution is -2.11. The minimum absolute atomic E-state index is 0.230. The number of hydrogen-bond donors (Lipinski definition) is 0. The van der Waals surface area contributed by atoms with Gasteiger partial charge in [0, 0.05) is 6.07 Å². The summed E-state index contributed by atoms with van der Waals surface area (Å²) in [5, 5.41) is 6.71. The van der Waals surface area contributed by atoms with Crippen LogP contribution in [0, 0.1) is 0 Å². The Bertz CT molecular complexity index is 1100. The SMILES string of the molecule is CC(C)c1cc(OC(=O)c2ccc3ccccc3c2)n(-c2ccccc2)n1. The van der Waals surface area contributed by atoms with Crippen molar-refractivity contribution in [2.45, 2.75) is 19.8 Å². The zero-order valence-corrected chi connectivity index (χ0v) is 15.3. The van der Waals surface area contributed by atoms with Crippen LogP contribution < -0.4 is 4.74 Å². The van der Waals surface area contributed by atoms with Gasteiger partial charge in [0.05, 0.1) is 16.9 Å². The number of aromatic nitrogens is 2. The average molecular weight is 356 g/mol. The largest absolute Gasteiger partial charge is 0.404 e. The van der Waals surface area contributed by atoms with Crippen LogP contribution in [0.1, 0.15) is 35.8 Å². The van der Waals surface area contributed by atoms with Crippen LogP contribution in [-0.4, -0.2) is 15.7 Å². The fourth-order valence-corrected chi connectivity index (χ4v) is 2.96. The Balaban J connectivity index is 1.69. The number of para-hydroxylation sites is 1. The summed E-state index contributed by atoms with van der Waals surface area (Å²) < 4.78 is 7.40. The molecule has 1 aromatic heterocycles. The van der Waals surface area contributed by atoms with Crippen LogP contribution >= 0.6 is 0 Å². The van der Waals surface area contributed by atoms with Crippen molar-refractivity contribution in [2.24, 2.45) is 0 Å². The van der Waals surface area contributed by atoms with Gasteiger partial charge in [-0.15, -0.1) is 0 Å². The van der Waals surface area contributed by atoms with Gasteiger partial charge in [0.1, 0.15) is 0 Å². The van der Waals surface area contributed by atoms with Gasteiger partial charge in [0.2, 0.25) is 5.88 Å². The molecular formula is C23H20N2O2. The van der Waals surface area contributed by atoms with Crippen molar-refractivity contribution in [3.05, 3.63) is 90.1 Å². The molecule has 0 spiro atoms. The number of ether oxygens (including phenoxy) is 1. The predicted octanol–water partition coefficient (Wildman–Crippen LogP) is 5.37. The molecule has 0 fully saturated rings. The zero-order chi connectivity index (χ0) is 18.8. The van der Waals surface area contributed by atoms with Gasteiger partial charge in [0.25, 0.3) is 0 Å². The lowest BCUT2D eigenvalue weighted by molar-refractivity contribution is 0.0723. The van der Waals surface area contributed by atoms with Crippen LogP contribution in [0.25, 0.3) is 16.5 Å². The first kappa shape index (κ1) is 17.0. The van der Waals surface area contributed by atoms with Gasteiger partial charge >= 0.3 is 5.97 Å². The summed E-state index contributed by atoms with van der Waals surface area (Å²) in [6.45, 7) is 4.12. The van der Waals surface area contributed by atoms with E-state index in [1.165, 1.54) is 0 Å². The number of carbonyl (C=O) groups is 1. The number of benzene rings is 3. The van der Waals surface area contributed by atoms with E-state index in [4.69, 9.17) is 4.74 Å². The summed E-state index contributed by atoms with van der Waals surface area (Å²) in [5.41, 5.74) is 2.24. The highest BCUT2D eigenvalue weighted by atomic mass is 16.5. The first-order valence-corrected chi connectivity index (χ1v) is 8.98. The lowest BCUT2D eigenvalue weighted by Gasteiger charge is -2.08. The Morgan fingerprint density at radius 1 is 0.889 bits per heavy atom. The molecule has 1 heterocycles. The highest BCUT2D eigenvalue weighted by Crippen LogP contribution is 2.25. The van der Waals surface area contributed by atoms with Crippen LogP contribution in [0.3, 0.4) is 0 Å². The molecule has 0 saturated carbocycles. The molecule has 0 radical (unpaired) electrons. The van der Waals surface area contributed by atoms with E-state index in [2.05, 4.69) is 18.9 Å². The van der Waals surface area contributed by atoms with Gasteiger partial charge in [0.15, 0.2) is 0 Å². The van der Waals surface area contributed by atoms with Crippen molar-refractivity contribution in [2.75, 3.05) is 0 Å². The van der Waals surface area contributed by atoms with Crippen LogP contribution in [-0.2, 0) is 0 Å². The third-order valence-corrected chi connectivity index (χ3v) is 4.47. The molecule has 0 N–H and O–H groups in total. The van der Waals surface area contributed by atoms with Crippen LogP contribution in [0.2, 0.25) is 0 Å². The van der Waals surface area contributed by atoms with E-state index in [0.717, 1.165) is 22.2 Å². The molecule has 4 heteroatoms. The van der Waals surface area contributed by atoms with E-state index < -0.39 is 5.97 Å². The Hall–Kier alpha value is -3.40. The highest BCUT2D eigenvalue weighted by Gasteiger charge is 2.17. The maximum atomic E-state index is 12.8. The molecular weight excluding hydrogens is 336 g/mol. The Kier molecular flexibility index (Phi) is 4.47. The Morgan fingerprint density at radius 3 is 2.33 bits per heavy atom. The van der Waals surface area contributed by atoms with Gasteiger partial charge in [-0.1, -0.05) is 62.4 Å². The fourth-order valence-electron chi connectivity index (χ4n) is 2.96. The van der Waals surface area contributed by atoms with E-state index in [1.54, 1.807) is 10.7 Å². The van der Waals surface area contributed by atoms with Crippen molar-refractivity contribution >= 4 is 16.7 Å². The van der Waals surface area contributed by atoms with Gasteiger partial charge < -0.3 is 4.74 Å². The second kappa shape index (κ2) is 7.08. The molecule has 0 amide bonds. The third kappa shape index (κ3) is 3.47. The van der Waals surface area contributed by atoms with E-state index in [0.29, 0.717) is 11.4 Å². The monoisotopic (exact) mass is 356 g/mol. The van der Waals surface area contributed by atoms with Crippen LogP contribution in [0.15, 0.2) is 78.9 Å². The fraction of sp³-hybridized carbons (Fsp3) is 0.130. The molecule has 3 aromatic carbocycles. The number of hydrogen-bond acceptors (Lipinski definition) is 3. The summed E-state index contributed by atoms with van der Waals surface area (Å²) in [6, 6.07) is 25.0. The second-order valence-corrected chi connectivity index (χ2v) is 6.76. The average Bonchev–Trinajstić information content (AvgIpc) is 3.12. The summed E-state index contributed by atoms with van der Waals surface area (Å²) in [5.74, 6) is 0.254. The molecule has 0 saturated heterocycles. The zero-order valence-electron chi connectivity index (χ0n) is 15.3. The molecule has 4 nitrogen and oxygen atoms in total. The second-order valence-electron chi connectivity index (χ2n) is 6.76. The molecule has 0 aliphatic heterocycles. The van der Waals surface area contributed by atoms with E-state index in [1.807, 2.05) is 72.8 Å². The van der Waals surface area contributed by atoms with E-state index in [-0.39, 0.29) is 5.92 Å². The van der Waals surface area contributed by atoms with Crippen molar-refractivity contribution in [1.29, 1.82) is 0 Å². The molecule has 0 aliphatic rings. The predicted molar refractivity (Wildman–Crippen MR) is 107 cm³/mol. The molecule has 4 aromatic rings. The molecule has 27 heavy (non-hydrogen) atoms. The van der Waals surface area contributed by atoms with Gasteiger partial charge in [-0.2, -0.15) is 5.10 Å². The first-order valence-electron chi connectivity index (χ1n) is 8.98. The third-order valence-electron chi connectivity index (χ3n) is 4.47. The number of rotatable bonds is 4. The molecule has 0 bridgehead atoms. The van der Waals surface area contributed by atoms with Crippen molar-refractivity contribution in [3.63, 3.8) is 0 Å². The number of carbonyl (C=O) groups excluding carboxylic acids is 1. The molecule has 0 atom stereocenters. The summed E-state index contributed by atoms with van der Waals surface area (Å²) in [7, 11) is 0. The summed E-state index contributed by atoms with van der Waals surface area (Å²) in [4.78, 5) is 12.8. The minimum atomic E-state index is -0.395. The maximum Gasteiger partial charge on any atom is 0.344 e. The van der Waals surface area contributed by atoms with Gasteiger partial charge in [-0.05, 0) is 41.0 Å². The van der Waals surface area contributed by atoms with Gasteiger partial charge in [-0.25, -0.2) is 9.48 Å². The van der Waals surface area contributed by atoms with Crippen molar-refractivity contribution < 1.29 is 9.53 Å². The van der Waals surface area contributed by atoms with E-state index >= 15 is 0 Å². The molecule has 4 rings (SSSR count). The Labute approximate surface area is 158 Å². The van der Waals surface area contributed by atoms with Crippen molar-refractivity contribution in [1.82, 2.24) is 9.78 Å². The minimum Gasteiger partial charge on any atom is -0.404 e. The standard InChI is InChI=1S/C23H20N2O2/c1-16(2)21-15-22(25(24-21)20-10-4-3-5-11-20)27-23(26)19-13-12-17-8-6-7-9-18(17)14-19/h3-16H,1-2H3. The molecule has 0 aliphatic carbocycles. The maximum absolute atomic E-state index is 12.8. The van der Waals surface area contributed by atoms with Crippen LogP contribution in [0.5, 0.6) is 5.88 Å². The smallest absolute Gasteiger partial charge is 0.344 e. The lowest BCUT2D eigenvalue weighted by atomic mass is 10.1. The Morgan fingerprint density at radius 2 is 1.59 bits per heavy atom. The van der Waals surface area contributed by atoms with Gasteiger partial charge in [-0.3, -0.25) is 0 Å². The van der Waals surface area contributed by atoms with Crippen LogP contribution in [0.4, 0.5) is 0 Å². The summed E-state index contributed by atoms with van der Waals surface area (Å²) in [6.07, 6.45) is 0. The van der Waals surface area contributed by atoms with E-state index in [9.17, 15) is 4.79 Å². The molecule has 0 unspecified atom stereocenters.